The van der Waals surface area contributed by atoms with Gasteiger partial charge in [0, 0.05) is 18.0 Å². The van der Waals surface area contributed by atoms with Gasteiger partial charge < -0.3 is 15.4 Å². The number of hydrogen-bond acceptors (Lipinski definition) is 3. The SMILES string of the molecule is Cn1c(C(=O)NCC2CCCC(Cl)C2)ccc1[N+](=O)[O-]. The van der Waals surface area contributed by atoms with E-state index >= 15 is 0 Å². The number of nitrogens with one attached hydrogen (secondary N) is 1. The van der Waals surface area contributed by atoms with Crippen LogP contribution >= 0.6 is 11.6 Å². The number of amides is 1. The second-order valence-corrected chi connectivity index (χ2v) is 5.85. The van der Waals surface area contributed by atoms with Crippen molar-refractivity contribution in [3.63, 3.8) is 0 Å². The average Bonchev–Trinajstić information content (AvgIpc) is 2.78. The molecule has 0 bridgehead atoms. The van der Waals surface area contributed by atoms with Crippen LogP contribution in [0.25, 0.3) is 0 Å². The zero-order valence-corrected chi connectivity index (χ0v) is 12.1. The first-order valence-corrected chi connectivity index (χ1v) is 7.15. The van der Waals surface area contributed by atoms with E-state index in [4.69, 9.17) is 11.6 Å². The summed E-state index contributed by atoms with van der Waals surface area (Å²) in [5.74, 6) is 0.0244. The molecule has 0 radical (unpaired) electrons. The van der Waals surface area contributed by atoms with Gasteiger partial charge in [0.05, 0.1) is 7.05 Å². The van der Waals surface area contributed by atoms with Gasteiger partial charge in [-0.3, -0.25) is 4.79 Å². The number of carbonyl (C=O) groups is 1. The van der Waals surface area contributed by atoms with Crippen LogP contribution in [0.4, 0.5) is 5.82 Å². The Kier molecular flexibility index (Phi) is 4.65. The molecule has 1 heterocycles. The Morgan fingerprint density at radius 1 is 1.55 bits per heavy atom. The standard InChI is InChI=1S/C13H18ClN3O3/c1-16-11(5-6-12(16)17(19)20)13(18)15-8-9-3-2-4-10(14)7-9/h5-6,9-10H,2-4,7-8H2,1H3,(H,15,18). The van der Waals surface area contributed by atoms with Gasteiger partial charge in [0.25, 0.3) is 5.91 Å². The van der Waals surface area contributed by atoms with Gasteiger partial charge in [0.2, 0.25) is 0 Å². The molecule has 6 nitrogen and oxygen atoms in total. The fraction of sp³-hybridized carbons (Fsp3) is 0.615. The number of carbonyl (C=O) groups excluding carboxylic acids is 1. The molecule has 1 fully saturated rings. The second kappa shape index (κ2) is 6.26. The molecule has 1 aromatic rings. The van der Waals surface area contributed by atoms with Crippen molar-refractivity contribution in [1.29, 1.82) is 0 Å². The summed E-state index contributed by atoms with van der Waals surface area (Å²) in [5.41, 5.74) is 0.301. The van der Waals surface area contributed by atoms with E-state index in [2.05, 4.69) is 5.32 Å². The lowest BCUT2D eigenvalue weighted by Gasteiger charge is -2.25. The predicted octanol–water partition coefficient (Wildman–Crippen LogP) is 2.46. The highest BCUT2D eigenvalue weighted by Gasteiger charge is 2.23. The van der Waals surface area contributed by atoms with Gasteiger partial charge in [-0.05, 0) is 36.2 Å². The number of halogens is 1. The number of nitro groups is 1. The molecule has 110 valence electrons. The lowest BCUT2D eigenvalue weighted by molar-refractivity contribution is -0.391. The van der Waals surface area contributed by atoms with E-state index in [1.807, 2.05) is 0 Å². The molecule has 0 spiro atoms. The minimum atomic E-state index is -0.504. The zero-order chi connectivity index (χ0) is 14.7. The molecule has 0 saturated heterocycles. The topological polar surface area (TPSA) is 77.2 Å². The van der Waals surface area contributed by atoms with Crippen LogP contribution in [0.5, 0.6) is 0 Å². The van der Waals surface area contributed by atoms with Crippen molar-refractivity contribution in [2.24, 2.45) is 13.0 Å². The van der Waals surface area contributed by atoms with Gasteiger partial charge in [-0.25, -0.2) is 4.57 Å². The number of rotatable bonds is 4. The van der Waals surface area contributed by atoms with E-state index in [1.54, 1.807) is 0 Å². The number of aromatic nitrogens is 1. The van der Waals surface area contributed by atoms with Crippen LogP contribution in [0.3, 0.4) is 0 Å². The lowest BCUT2D eigenvalue weighted by Crippen LogP contribution is -2.33. The van der Waals surface area contributed by atoms with Gasteiger partial charge in [0.15, 0.2) is 5.69 Å². The molecule has 2 unspecified atom stereocenters. The molecule has 2 rings (SSSR count). The third kappa shape index (κ3) is 3.30. The van der Waals surface area contributed by atoms with Crippen molar-refractivity contribution in [3.05, 3.63) is 27.9 Å². The van der Waals surface area contributed by atoms with Crippen LogP contribution in [-0.2, 0) is 7.05 Å². The first-order valence-electron chi connectivity index (χ1n) is 6.71. The molecular weight excluding hydrogens is 282 g/mol. The number of alkyl halides is 1. The Balaban J connectivity index is 1.93. The van der Waals surface area contributed by atoms with E-state index in [0.29, 0.717) is 18.2 Å². The zero-order valence-electron chi connectivity index (χ0n) is 11.3. The average molecular weight is 300 g/mol. The van der Waals surface area contributed by atoms with Crippen LogP contribution in [-0.4, -0.2) is 27.3 Å². The second-order valence-electron chi connectivity index (χ2n) is 5.23. The summed E-state index contributed by atoms with van der Waals surface area (Å²) in [6.07, 6.45) is 4.10. The first kappa shape index (κ1) is 14.8. The fourth-order valence-electron chi connectivity index (χ4n) is 2.65. The van der Waals surface area contributed by atoms with E-state index in [0.717, 1.165) is 25.7 Å². The number of nitrogens with zero attached hydrogens (tertiary/aromatic N) is 2. The third-order valence-corrected chi connectivity index (χ3v) is 4.18. The van der Waals surface area contributed by atoms with Crippen molar-refractivity contribution in [1.82, 2.24) is 9.88 Å². The van der Waals surface area contributed by atoms with Crippen LogP contribution < -0.4 is 5.32 Å². The first-order chi connectivity index (χ1) is 9.49. The summed E-state index contributed by atoms with van der Waals surface area (Å²) in [6.45, 7) is 0.570. The summed E-state index contributed by atoms with van der Waals surface area (Å²) in [6, 6.07) is 2.81. The predicted molar refractivity (Wildman–Crippen MR) is 76.0 cm³/mol. The molecule has 1 aliphatic carbocycles. The van der Waals surface area contributed by atoms with Crippen molar-refractivity contribution in [2.45, 2.75) is 31.1 Å². The summed E-state index contributed by atoms with van der Waals surface area (Å²) in [7, 11) is 1.52. The summed E-state index contributed by atoms with van der Waals surface area (Å²) in [5, 5.41) is 13.8. The van der Waals surface area contributed by atoms with Gasteiger partial charge >= 0.3 is 5.82 Å². The van der Waals surface area contributed by atoms with E-state index in [-0.39, 0.29) is 17.1 Å². The molecule has 7 heteroatoms. The third-order valence-electron chi connectivity index (χ3n) is 3.79. The molecule has 20 heavy (non-hydrogen) atoms. The maximum atomic E-state index is 12.0. The van der Waals surface area contributed by atoms with Crippen LogP contribution in [0.15, 0.2) is 12.1 Å². The monoisotopic (exact) mass is 299 g/mol. The highest BCUT2D eigenvalue weighted by atomic mass is 35.5. The Morgan fingerprint density at radius 2 is 2.30 bits per heavy atom. The highest BCUT2D eigenvalue weighted by molar-refractivity contribution is 6.20. The molecule has 2 atom stereocenters. The molecule has 1 aromatic heterocycles. The Morgan fingerprint density at radius 3 is 2.90 bits per heavy atom. The minimum Gasteiger partial charge on any atom is -0.358 e. The molecule has 1 aliphatic rings. The molecule has 0 aliphatic heterocycles. The van der Waals surface area contributed by atoms with Gasteiger partial charge in [-0.2, -0.15) is 0 Å². The van der Waals surface area contributed by atoms with E-state index in [1.165, 1.54) is 23.7 Å². The molecule has 1 N–H and O–H groups in total. The normalized spacial score (nSPS) is 22.5. The molecule has 0 aromatic carbocycles. The van der Waals surface area contributed by atoms with Gasteiger partial charge in [0.1, 0.15) is 0 Å². The molecule has 1 saturated carbocycles. The van der Waals surface area contributed by atoms with Crippen LogP contribution in [0.2, 0.25) is 0 Å². The Labute approximate surface area is 122 Å². The maximum absolute atomic E-state index is 12.0. The van der Waals surface area contributed by atoms with Crippen molar-refractivity contribution >= 4 is 23.3 Å². The summed E-state index contributed by atoms with van der Waals surface area (Å²) >= 11 is 6.12. The maximum Gasteiger partial charge on any atom is 0.323 e. The highest BCUT2D eigenvalue weighted by Crippen LogP contribution is 2.27. The van der Waals surface area contributed by atoms with Crippen LogP contribution in [0, 0.1) is 16.0 Å². The lowest BCUT2D eigenvalue weighted by atomic mass is 9.89. The van der Waals surface area contributed by atoms with Gasteiger partial charge in [-0.1, -0.05) is 6.42 Å². The Hall–Kier alpha value is -1.56. The fourth-order valence-corrected chi connectivity index (χ4v) is 3.06. The van der Waals surface area contributed by atoms with Crippen molar-refractivity contribution in [3.8, 4) is 0 Å². The number of hydrogen-bond donors (Lipinski definition) is 1. The summed E-state index contributed by atoms with van der Waals surface area (Å²) < 4.78 is 1.29. The minimum absolute atomic E-state index is 0.0892. The molecular formula is C13H18ClN3O3. The Bertz CT molecular complexity index is 515. The smallest absolute Gasteiger partial charge is 0.323 e. The van der Waals surface area contributed by atoms with Crippen LogP contribution in [0.1, 0.15) is 36.2 Å². The molecule has 1 amide bonds. The van der Waals surface area contributed by atoms with E-state index < -0.39 is 4.92 Å². The van der Waals surface area contributed by atoms with Crippen molar-refractivity contribution < 1.29 is 9.72 Å². The quantitative estimate of drug-likeness (QED) is 0.527. The largest absolute Gasteiger partial charge is 0.358 e. The van der Waals surface area contributed by atoms with Crippen molar-refractivity contribution in [2.75, 3.05) is 6.54 Å². The van der Waals surface area contributed by atoms with Gasteiger partial charge in [-0.15, -0.1) is 11.6 Å². The summed E-state index contributed by atoms with van der Waals surface area (Å²) in [4.78, 5) is 22.3. The van der Waals surface area contributed by atoms with E-state index in [9.17, 15) is 14.9 Å².